The van der Waals surface area contributed by atoms with Crippen LogP contribution in [0.15, 0.2) is 95.4 Å². The highest BCUT2D eigenvalue weighted by atomic mass is 32.2. The van der Waals surface area contributed by atoms with Gasteiger partial charge in [-0.2, -0.15) is 13.0 Å². The first kappa shape index (κ1) is 43.4. The molecule has 1 amide bonds. The molecule has 2 aliphatic heterocycles. The van der Waals surface area contributed by atoms with Crippen LogP contribution in [0.1, 0.15) is 98.1 Å². The van der Waals surface area contributed by atoms with Gasteiger partial charge in [0.25, 0.3) is 10.1 Å². The van der Waals surface area contributed by atoms with Crippen molar-refractivity contribution in [3.05, 3.63) is 107 Å². The van der Waals surface area contributed by atoms with Crippen LogP contribution in [0.3, 0.4) is 0 Å². The highest BCUT2D eigenvalue weighted by Crippen LogP contribution is 2.48. The Kier molecular flexibility index (Phi) is 13.8. The molecule has 0 atom stereocenters. The minimum Gasteiger partial charge on any atom is -0.443 e. The average Bonchev–Trinajstić information content (AvgIpc) is 3.70. The summed E-state index contributed by atoms with van der Waals surface area (Å²) in [5.41, 5.74) is 8.56. The second-order valence-corrected chi connectivity index (χ2v) is 19.0. The lowest BCUT2D eigenvalue weighted by atomic mass is 9.81. The number of rotatable bonds is 16. The molecule has 0 radical (unpaired) electrons. The summed E-state index contributed by atoms with van der Waals surface area (Å²) in [6, 6.07) is 16.8. The zero-order chi connectivity index (χ0) is 40.9. The minimum absolute atomic E-state index is 0.261. The standard InChI is InChI=1S/C43H57N3O8S2/c1-41(2,3)52-40(47)44(8)39-31(23-25-37-42(4,5)33-17-9-11-19-35(33)45(37)27-13-15-29-55-54-53-48)21-22-32(39)24-26-38-43(6,7)34-18-10-12-20-36(34)46(38)28-14-16-30-56(49,50)51/h9-12,17-20,23-26H,13-16,21-22,27-30H2,1-8H3,(H-,48,49,50,51)/p+1. The summed E-state index contributed by atoms with van der Waals surface area (Å²) >= 11 is 1.07. The Balaban J connectivity index is 1.54. The molecule has 0 saturated heterocycles. The number of likely N-dealkylation sites (N-methyl/N-ethyl adjacent to an activating group) is 1. The molecular formula is C43H58N3O8S2+. The number of para-hydroxylation sites is 2. The van der Waals surface area contributed by atoms with Gasteiger partial charge in [0.1, 0.15) is 12.1 Å². The fourth-order valence-corrected chi connectivity index (χ4v) is 9.06. The van der Waals surface area contributed by atoms with E-state index >= 15 is 0 Å². The van der Waals surface area contributed by atoms with E-state index in [0.29, 0.717) is 25.1 Å². The van der Waals surface area contributed by atoms with Crippen LogP contribution in [-0.2, 0) is 35.1 Å². The van der Waals surface area contributed by atoms with E-state index in [1.54, 1.807) is 11.9 Å². The molecule has 11 nitrogen and oxygen atoms in total. The first-order valence-corrected chi connectivity index (χ1v) is 21.8. The second kappa shape index (κ2) is 17.8. The number of fused-ring (bicyclic) bond motifs is 2. The van der Waals surface area contributed by atoms with E-state index in [2.05, 4.69) is 107 Å². The van der Waals surface area contributed by atoms with Crippen LogP contribution >= 0.6 is 12.0 Å². The number of hydrogen-bond acceptors (Lipinski definition) is 9. The molecule has 0 spiro atoms. The van der Waals surface area contributed by atoms with E-state index in [0.717, 1.165) is 72.5 Å². The quantitative estimate of drug-likeness (QED) is 0.0423. The number of amides is 1. The van der Waals surface area contributed by atoms with Gasteiger partial charge in [-0.15, -0.1) is 4.33 Å². The van der Waals surface area contributed by atoms with E-state index in [1.165, 1.54) is 22.5 Å². The zero-order valence-corrected chi connectivity index (χ0v) is 35.6. The largest absolute Gasteiger partial charge is 0.443 e. The van der Waals surface area contributed by atoms with Crippen molar-refractivity contribution < 1.29 is 41.7 Å². The molecule has 5 rings (SSSR count). The van der Waals surface area contributed by atoms with Crippen LogP contribution < -0.4 is 4.90 Å². The van der Waals surface area contributed by atoms with Crippen LogP contribution in [-0.4, -0.2) is 76.8 Å². The minimum atomic E-state index is -4.03. The summed E-state index contributed by atoms with van der Waals surface area (Å²) in [6.45, 7) is 15.9. The molecule has 0 bridgehead atoms. The molecule has 0 saturated carbocycles. The third-order valence-corrected chi connectivity index (χ3v) is 12.1. The summed E-state index contributed by atoms with van der Waals surface area (Å²) in [5, 5.41) is 12.2. The molecule has 56 heavy (non-hydrogen) atoms. The monoisotopic (exact) mass is 808 g/mol. The average molecular weight is 809 g/mol. The zero-order valence-electron chi connectivity index (χ0n) is 34.0. The molecule has 2 aromatic carbocycles. The van der Waals surface area contributed by atoms with Gasteiger partial charge in [0.15, 0.2) is 5.71 Å². The normalized spacial score (nSPS) is 19.1. The lowest BCUT2D eigenvalue weighted by Crippen LogP contribution is -2.34. The Hall–Kier alpha value is -3.72. The van der Waals surface area contributed by atoms with Crippen LogP contribution in [0.25, 0.3) is 0 Å². The Morgan fingerprint density at radius 1 is 0.946 bits per heavy atom. The maximum absolute atomic E-state index is 13.7. The lowest BCUT2D eigenvalue weighted by molar-refractivity contribution is -0.438. The van der Waals surface area contributed by atoms with Crippen molar-refractivity contribution in [1.29, 1.82) is 0 Å². The van der Waals surface area contributed by atoms with Gasteiger partial charge in [-0.05, 0) is 95.6 Å². The Bertz CT molecular complexity index is 2040. The Morgan fingerprint density at radius 3 is 2.34 bits per heavy atom. The van der Waals surface area contributed by atoms with Gasteiger partial charge in [-0.25, -0.2) is 10.1 Å². The SMILES string of the molecule is CN(C(=O)OC(C)(C)C)C1=C(/C=C/C2=[N+](CCCCS(=O)(=O)O)c3ccccc3C2(C)C)CC/C1=C\C=C1\N(CCCCSOOO)c2ccccc2C1(C)C. The van der Waals surface area contributed by atoms with Crippen LogP contribution in [0.2, 0.25) is 0 Å². The molecule has 0 unspecified atom stereocenters. The number of nitrogens with zero attached hydrogens (tertiary/aromatic N) is 3. The number of carbonyl (C=O) groups is 1. The van der Waals surface area contributed by atoms with Crippen molar-refractivity contribution in [2.45, 2.75) is 103 Å². The maximum Gasteiger partial charge on any atom is 0.414 e. The van der Waals surface area contributed by atoms with E-state index in [-0.39, 0.29) is 16.6 Å². The molecule has 2 N–H and O–H groups in total. The fraction of sp³-hybridized carbons (Fsp3) is 0.488. The Morgan fingerprint density at radius 2 is 1.64 bits per heavy atom. The predicted octanol–water partition coefficient (Wildman–Crippen LogP) is 9.66. The number of hydrogen-bond donors (Lipinski definition) is 2. The molecule has 2 aromatic rings. The summed E-state index contributed by atoms with van der Waals surface area (Å²) in [7, 11) is -2.26. The van der Waals surface area contributed by atoms with Gasteiger partial charge in [0.2, 0.25) is 5.69 Å². The van der Waals surface area contributed by atoms with Crippen LogP contribution in [0, 0.1) is 0 Å². The van der Waals surface area contributed by atoms with Crippen molar-refractivity contribution in [3.63, 3.8) is 0 Å². The molecule has 3 aliphatic rings. The highest BCUT2D eigenvalue weighted by molar-refractivity contribution is 7.94. The van der Waals surface area contributed by atoms with Gasteiger partial charge in [0.05, 0.1) is 16.9 Å². The molecule has 0 fully saturated rings. The third kappa shape index (κ3) is 10.0. The Labute approximate surface area is 337 Å². The maximum atomic E-state index is 13.7. The molecular weight excluding hydrogens is 751 g/mol. The number of ether oxygens (including phenoxy) is 1. The van der Waals surface area contributed by atoms with Gasteiger partial charge < -0.3 is 9.64 Å². The van der Waals surface area contributed by atoms with Crippen molar-refractivity contribution in [2.24, 2.45) is 0 Å². The van der Waals surface area contributed by atoms with E-state index < -0.39 is 21.8 Å². The van der Waals surface area contributed by atoms with Crippen molar-refractivity contribution in [3.8, 4) is 0 Å². The van der Waals surface area contributed by atoms with E-state index in [4.69, 9.17) is 9.99 Å². The van der Waals surface area contributed by atoms with Crippen LogP contribution in [0.4, 0.5) is 16.2 Å². The number of unbranched alkanes of at least 4 members (excludes halogenated alkanes) is 2. The van der Waals surface area contributed by atoms with Crippen molar-refractivity contribution in [2.75, 3.05) is 36.5 Å². The number of allylic oxidation sites excluding steroid dienone is 7. The third-order valence-electron chi connectivity index (χ3n) is 10.7. The van der Waals surface area contributed by atoms with Crippen LogP contribution in [0.5, 0.6) is 0 Å². The van der Waals surface area contributed by atoms with Gasteiger partial charge in [0, 0.05) is 72.3 Å². The summed E-state index contributed by atoms with van der Waals surface area (Å²) in [5.74, 6) is 0.407. The first-order valence-electron chi connectivity index (χ1n) is 19.3. The number of carbonyl (C=O) groups excluding carboxylic acids is 1. The molecule has 0 aromatic heterocycles. The number of anilines is 1. The smallest absolute Gasteiger partial charge is 0.414 e. The van der Waals surface area contributed by atoms with Gasteiger partial charge >= 0.3 is 6.09 Å². The van der Waals surface area contributed by atoms with Gasteiger partial charge in [-0.3, -0.25) is 9.45 Å². The summed E-state index contributed by atoms with van der Waals surface area (Å²) < 4.78 is 44.9. The molecule has 1 aliphatic carbocycles. The van der Waals surface area contributed by atoms with E-state index in [9.17, 15) is 17.8 Å². The highest BCUT2D eigenvalue weighted by Gasteiger charge is 2.44. The van der Waals surface area contributed by atoms with E-state index in [1.807, 2.05) is 32.9 Å². The van der Waals surface area contributed by atoms with Crippen molar-refractivity contribution >= 4 is 45.3 Å². The molecule has 2 heterocycles. The molecule has 13 heteroatoms. The first-order chi connectivity index (χ1) is 26.4. The fourth-order valence-electron chi connectivity index (χ4n) is 8.05. The van der Waals surface area contributed by atoms with Crippen molar-refractivity contribution in [1.82, 2.24) is 4.90 Å². The topological polar surface area (TPSA) is 129 Å². The second-order valence-electron chi connectivity index (χ2n) is 16.6. The summed E-state index contributed by atoms with van der Waals surface area (Å²) in [4.78, 5) is 17.7. The predicted molar refractivity (Wildman–Crippen MR) is 224 cm³/mol. The number of benzene rings is 2. The lowest BCUT2D eigenvalue weighted by Gasteiger charge is -2.28. The molecule has 304 valence electrons. The summed E-state index contributed by atoms with van der Waals surface area (Å²) in [6.07, 6.45) is 12.4. The van der Waals surface area contributed by atoms with Gasteiger partial charge in [-0.1, -0.05) is 67.4 Å².